The van der Waals surface area contributed by atoms with Crippen LogP contribution in [0.25, 0.3) is 0 Å². The van der Waals surface area contributed by atoms with Crippen LogP contribution < -0.4 is 5.32 Å². The van der Waals surface area contributed by atoms with Crippen molar-refractivity contribution < 1.29 is 92.0 Å². The Morgan fingerprint density at radius 2 is 1.27 bits per heavy atom. The normalized spacial score (nSPS) is 41.8. The molecule has 6 N–H and O–H groups in total. The van der Waals surface area contributed by atoms with Gasteiger partial charge in [0.15, 0.2) is 24.1 Å². The highest BCUT2D eigenvalue weighted by Crippen LogP contribution is 2.52. The first kappa shape index (κ1) is 70.8. The average Bonchev–Trinajstić information content (AvgIpc) is 3.33. The van der Waals surface area contributed by atoms with E-state index in [-0.39, 0.29) is 69.7 Å². The fourth-order valence-electron chi connectivity index (χ4n) is 10.3. The monoisotopic (exact) mass is 1240 g/mol. The Morgan fingerprint density at radius 1 is 0.687 bits per heavy atom. The largest absolute Gasteiger partial charge is 0.462 e. The zero-order valence-electron chi connectivity index (χ0n) is 48.8. The standard InChI is InChI=1S/C59H91NO19P4/c1-10-28-70-54(67)49-45(62)35-59(69-7)34-43-32-46(78-58(77-43)83(9)81)44(61)27-26-41-30-42(76-57(75-41)82(8)80)33-48(63)72-38(5)37(4)51(64)36(3)24-22-20-18-16-14-12-13-15-17-19-21-23-25-40(31-47(49)79-59)74-55-53(66)50(52(65)39(6)73-55)60-56(68)71-29-11-2/h10-25,36-47,49-53,55,57-58,61-62,64-66H,1-2,26-35,80-81H2,3-9H3,(H,60,68)/b13-12+,16-14+,17-15+,20-18+,21-19+,24-22+,25-23+/t36-,37-,38-,39+,40-,41?,42+,43?,44+,45-,46+,47?,49+,50-,51+,52+,53-,55-,57?,58?,59+,82?,83?/m0/s1. The van der Waals surface area contributed by atoms with Gasteiger partial charge in [0.1, 0.15) is 37.4 Å². The molecule has 5 heterocycles. The van der Waals surface area contributed by atoms with Gasteiger partial charge in [-0.15, -0.1) is 17.9 Å². The summed E-state index contributed by atoms with van der Waals surface area (Å²) in [6.07, 6.45) is 14.4. The van der Waals surface area contributed by atoms with Crippen LogP contribution >= 0.6 is 33.1 Å². The fourth-order valence-corrected chi connectivity index (χ4v) is 12.6. The number of rotatable bonds is 11. The van der Waals surface area contributed by atoms with Crippen LogP contribution in [-0.2, 0) is 61.7 Å². The molecule has 466 valence electrons. The van der Waals surface area contributed by atoms with Gasteiger partial charge in [0.05, 0.1) is 73.5 Å². The van der Waals surface area contributed by atoms with Crippen LogP contribution in [0.1, 0.15) is 79.1 Å². The predicted molar refractivity (Wildman–Crippen MR) is 324 cm³/mol. The first-order valence-corrected chi connectivity index (χ1v) is 35.2. The highest BCUT2D eigenvalue weighted by molar-refractivity contribution is 8.13. The zero-order chi connectivity index (χ0) is 60.8. The summed E-state index contributed by atoms with van der Waals surface area (Å²) >= 11 is 0. The molecule has 1 amide bonds. The Balaban J connectivity index is 1.49. The quantitative estimate of drug-likeness (QED) is 0.0507. The Kier molecular flexibility index (Phi) is 30.5. The van der Waals surface area contributed by atoms with Crippen molar-refractivity contribution in [2.45, 2.75) is 189 Å². The van der Waals surface area contributed by atoms with Crippen molar-refractivity contribution in [2.75, 3.05) is 33.7 Å². The van der Waals surface area contributed by atoms with Gasteiger partial charge < -0.3 is 83.0 Å². The Bertz CT molecular complexity index is 2270. The number of esters is 2. The lowest BCUT2D eigenvalue weighted by Gasteiger charge is -2.49. The van der Waals surface area contributed by atoms with E-state index in [4.69, 9.17) is 52.1 Å². The van der Waals surface area contributed by atoms with Crippen LogP contribution in [-0.4, -0.2) is 187 Å². The van der Waals surface area contributed by atoms with Crippen molar-refractivity contribution in [1.82, 2.24) is 5.32 Å². The Labute approximate surface area is 496 Å². The van der Waals surface area contributed by atoms with E-state index in [2.05, 4.69) is 36.3 Å². The molecule has 9 unspecified atom stereocenters. The summed E-state index contributed by atoms with van der Waals surface area (Å²) in [5.41, 5.74) is 0. The van der Waals surface area contributed by atoms with Crippen LogP contribution in [0.4, 0.5) is 4.79 Å². The molecule has 0 aromatic rings. The maximum Gasteiger partial charge on any atom is 0.407 e. The van der Waals surface area contributed by atoms with E-state index in [1.165, 1.54) is 19.3 Å². The lowest BCUT2D eigenvalue weighted by molar-refractivity contribution is -0.326. The summed E-state index contributed by atoms with van der Waals surface area (Å²) in [5, 5.41) is 60.5. The molecular weight excluding hydrogens is 1150 g/mol. The number of aliphatic hydroxyl groups excluding tert-OH is 5. The predicted octanol–water partition coefficient (Wildman–Crippen LogP) is 7.46. The summed E-state index contributed by atoms with van der Waals surface area (Å²) in [6, 6.07) is -2.61. The number of methoxy groups -OCH3 is 1. The van der Waals surface area contributed by atoms with E-state index in [0.717, 1.165) is 0 Å². The molecule has 0 radical (unpaired) electrons. The van der Waals surface area contributed by atoms with Crippen molar-refractivity contribution in [1.29, 1.82) is 0 Å². The number of ether oxygens (including phenoxy) is 11. The number of amides is 1. The molecule has 5 aliphatic heterocycles. The number of fused-ring (bicyclic) bond motifs is 6. The van der Waals surface area contributed by atoms with Crippen molar-refractivity contribution in [3.8, 4) is 0 Å². The number of hydrogen-bond donors (Lipinski definition) is 6. The molecule has 5 aliphatic rings. The third-order valence-electron chi connectivity index (χ3n) is 15.1. The number of allylic oxidation sites excluding steroid dienone is 12. The summed E-state index contributed by atoms with van der Waals surface area (Å²) < 4.78 is 67.8. The van der Waals surface area contributed by atoms with E-state index < -0.39 is 143 Å². The summed E-state index contributed by atoms with van der Waals surface area (Å²) in [6.45, 7) is 18.0. The number of carbonyl (C=O) groups excluding carboxylic acids is 3. The minimum absolute atomic E-state index is 0.0202. The van der Waals surface area contributed by atoms with E-state index in [0.29, 0.717) is 12.8 Å². The molecule has 0 saturated carbocycles. The minimum atomic E-state index is -1.63. The Hall–Kier alpha value is -2.93. The molecule has 0 aliphatic carbocycles. The highest BCUT2D eigenvalue weighted by Gasteiger charge is 2.54. The lowest BCUT2D eigenvalue weighted by Crippen LogP contribution is -2.64. The molecule has 5 rings (SSSR count). The molecule has 24 heteroatoms. The van der Waals surface area contributed by atoms with E-state index in [1.54, 1.807) is 44.2 Å². The zero-order valence-corrected chi connectivity index (χ0v) is 52.9. The topological polar surface area (TPSA) is 266 Å². The second-order valence-electron chi connectivity index (χ2n) is 21.7. The number of carbonyl (C=O) groups is 3. The molecule has 6 bridgehead atoms. The first-order chi connectivity index (χ1) is 39.6. The molecule has 25 atom stereocenters. The van der Waals surface area contributed by atoms with Crippen molar-refractivity contribution in [3.05, 3.63) is 110 Å². The molecular formula is C59H91NO19P4. The molecule has 4 fully saturated rings. The van der Waals surface area contributed by atoms with Crippen LogP contribution in [0.2, 0.25) is 0 Å². The maximum atomic E-state index is 14.0. The number of hydrogen-bond acceptors (Lipinski definition) is 19. The van der Waals surface area contributed by atoms with Crippen LogP contribution in [0.3, 0.4) is 0 Å². The highest BCUT2D eigenvalue weighted by atomic mass is 32.0. The van der Waals surface area contributed by atoms with Gasteiger partial charge in [0.25, 0.3) is 0 Å². The van der Waals surface area contributed by atoms with Crippen molar-refractivity contribution in [2.24, 2.45) is 17.8 Å². The lowest BCUT2D eigenvalue weighted by atomic mass is 9.82. The number of aliphatic hydroxyl groups is 5. The van der Waals surface area contributed by atoms with Crippen LogP contribution in [0.15, 0.2) is 110 Å². The number of alkyl carbamates (subject to hydrolysis) is 1. The molecule has 0 aromatic carbocycles. The van der Waals surface area contributed by atoms with E-state index >= 15 is 0 Å². The van der Waals surface area contributed by atoms with Gasteiger partial charge in [0.2, 0.25) is 0 Å². The smallest absolute Gasteiger partial charge is 0.407 e. The summed E-state index contributed by atoms with van der Waals surface area (Å²) in [4.78, 5) is 40.1. The summed E-state index contributed by atoms with van der Waals surface area (Å²) in [5.74, 6) is -4.70. The molecule has 0 spiro atoms. The molecule has 0 aromatic heterocycles. The number of cyclic esters (lactones) is 1. The van der Waals surface area contributed by atoms with Gasteiger partial charge in [-0.1, -0.05) is 124 Å². The SMILES string of the molecule is C=CCOC(=O)N[C@@H]1[C@H](O)[C@H](O[C@H]2/C=C/C=C/C=C/C=C/C=C/C=C/C=C/[C@H](C)[C@@H](O)[C@@H](C)[C@H](C)OC(=O)C[C@H]3CC(CC[C@@H](O)[C@H]4CC(C[C@]5(OC)C[C@H](O)[C@@H](C(=O)OCC=C)C(C2)O5)OC(P(C)P)O4)OC(P(C)P)O3)O[C@H](C)[C@H]1O. The first-order valence-electron chi connectivity index (χ1n) is 28.3. The van der Waals surface area contributed by atoms with Crippen molar-refractivity contribution in [3.63, 3.8) is 0 Å². The second kappa shape index (κ2) is 35.8. The molecule has 20 nitrogen and oxygen atoms in total. The van der Waals surface area contributed by atoms with Crippen molar-refractivity contribution >= 4 is 51.1 Å². The van der Waals surface area contributed by atoms with Crippen LogP contribution in [0, 0.1) is 17.8 Å². The van der Waals surface area contributed by atoms with Gasteiger partial charge in [-0.05, 0) is 55.2 Å². The third kappa shape index (κ3) is 22.3. The van der Waals surface area contributed by atoms with Gasteiger partial charge in [-0.2, -0.15) is 0 Å². The van der Waals surface area contributed by atoms with Crippen LogP contribution in [0.5, 0.6) is 0 Å². The van der Waals surface area contributed by atoms with Gasteiger partial charge >= 0.3 is 18.0 Å². The van der Waals surface area contributed by atoms with E-state index in [9.17, 15) is 39.9 Å². The fraction of sp³-hybridized carbons (Fsp3) is 0.644. The average molecular weight is 1240 g/mol. The van der Waals surface area contributed by atoms with Gasteiger partial charge in [0, 0.05) is 51.0 Å². The molecule has 83 heavy (non-hydrogen) atoms. The van der Waals surface area contributed by atoms with Gasteiger partial charge in [-0.25, -0.2) is 4.79 Å². The van der Waals surface area contributed by atoms with Gasteiger partial charge in [-0.3, -0.25) is 9.59 Å². The number of nitrogens with one attached hydrogen (secondary N) is 1. The summed E-state index contributed by atoms with van der Waals surface area (Å²) in [7, 11) is 5.14. The third-order valence-corrected chi connectivity index (χ3v) is 18.3. The maximum absolute atomic E-state index is 14.0. The molecule has 4 saturated heterocycles. The Morgan fingerprint density at radius 3 is 1.88 bits per heavy atom. The second-order valence-corrected chi connectivity index (χ2v) is 30.1. The van der Waals surface area contributed by atoms with E-state index in [1.807, 2.05) is 81.9 Å². The minimum Gasteiger partial charge on any atom is -0.462 e.